The van der Waals surface area contributed by atoms with E-state index in [-0.39, 0.29) is 11.8 Å². The lowest BCUT2D eigenvalue weighted by atomic mass is 10.0. The van der Waals surface area contributed by atoms with E-state index < -0.39 is 0 Å². The van der Waals surface area contributed by atoms with Gasteiger partial charge in [-0.1, -0.05) is 30.8 Å². The molecule has 2 aromatic carbocycles. The number of amides is 2. The molecule has 0 bridgehead atoms. The zero-order chi connectivity index (χ0) is 15.3. The minimum Gasteiger partial charge on any atom is -0.317 e. The van der Waals surface area contributed by atoms with Gasteiger partial charge in [0.1, 0.15) is 0 Å². The number of benzene rings is 2. The van der Waals surface area contributed by atoms with Crippen LogP contribution >= 0.6 is 0 Å². The summed E-state index contributed by atoms with van der Waals surface area (Å²) in [6.45, 7) is 4.13. The first kappa shape index (κ1) is 12.6. The van der Waals surface area contributed by atoms with Gasteiger partial charge in [0.05, 0.1) is 16.6 Å². The molecule has 0 saturated heterocycles. The molecule has 1 N–H and O–H groups in total. The highest BCUT2D eigenvalue weighted by Crippen LogP contribution is 2.26. The Bertz CT molecular complexity index is 966. The Hall–Kier alpha value is -3.14. The fourth-order valence-electron chi connectivity index (χ4n) is 2.80. The minimum absolute atomic E-state index is 0.344. The van der Waals surface area contributed by atoms with Crippen molar-refractivity contribution in [3.63, 3.8) is 0 Å². The third kappa shape index (κ3) is 1.71. The Labute approximate surface area is 126 Å². The van der Waals surface area contributed by atoms with Gasteiger partial charge in [-0.3, -0.25) is 14.9 Å². The Morgan fingerprint density at radius 3 is 2.59 bits per heavy atom. The monoisotopic (exact) mass is 288 g/mol. The van der Waals surface area contributed by atoms with Gasteiger partial charge >= 0.3 is 0 Å². The van der Waals surface area contributed by atoms with Crippen LogP contribution in [-0.4, -0.2) is 16.4 Å². The number of carbonyl (C=O) groups is 2. The van der Waals surface area contributed by atoms with Gasteiger partial charge < -0.3 is 4.57 Å². The largest absolute Gasteiger partial charge is 0.317 e. The molecule has 4 nitrogen and oxygen atoms in total. The summed E-state index contributed by atoms with van der Waals surface area (Å²) in [5.74, 6) is -0.699. The molecule has 0 atom stereocenters. The fourth-order valence-corrected chi connectivity index (χ4v) is 2.80. The second-order valence-corrected chi connectivity index (χ2v) is 5.23. The van der Waals surface area contributed by atoms with E-state index in [1.165, 1.54) is 0 Å². The molecule has 3 aromatic rings. The molecule has 106 valence electrons. The molecule has 2 amide bonds. The van der Waals surface area contributed by atoms with Crippen LogP contribution < -0.4 is 5.32 Å². The van der Waals surface area contributed by atoms with E-state index in [2.05, 4.69) is 11.9 Å². The summed E-state index contributed by atoms with van der Waals surface area (Å²) in [4.78, 5) is 23.4. The average molecular weight is 288 g/mol. The summed E-state index contributed by atoms with van der Waals surface area (Å²) in [5.41, 5.74) is 3.44. The van der Waals surface area contributed by atoms with Crippen LogP contribution in [0.5, 0.6) is 0 Å². The van der Waals surface area contributed by atoms with Crippen LogP contribution in [0.15, 0.2) is 61.3 Å². The maximum absolute atomic E-state index is 11.8. The van der Waals surface area contributed by atoms with E-state index >= 15 is 0 Å². The summed E-state index contributed by atoms with van der Waals surface area (Å²) in [6.07, 6.45) is 1.95. The molecule has 0 radical (unpaired) electrons. The summed E-state index contributed by atoms with van der Waals surface area (Å²) in [6, 6.07) is 15.2. The number of para-hydroxylation sites is 1. The van der Waals surface area contributed by atoms with E-state index in [4.69, 9.17) is 0 Å². The van der Waals surface area contributed by atoms with Crippen molar-refractivity contribution < 1.29 is 9.59 Å². The Kier molecular flexibility index (Phi) is 2.53. The molecular weight excluding hydrogens is 276 g/mol. The van der Waals surface area contributed by atoms with Crippen LogP contribution in [-0.2, 0) is 0 Å². The molecule has 0 fully saturated rings. The van der Waals surface area contributed by atoms with E-state index in [1.54, 1.807) is 12.1 Å². The van der Waals surface area contributed by atoms with Gasteiger partial charge in [-0.15, -0.1) is 0 Å². The van der Waals surface area contributed by atoms with Crippen molar-refractivity contribution in [2.45, 2.75) is 0 Å². The highest BCUT2D eigenvalue weighted by Gasteiger charge is 2.26. The topological polar surface area (TPSA) is 51.1 Å². The number of carbonyl (C=O) groups excluding carboxylic acids is 2. The summed E-state index contributed by atoms with van der Waals surface area (Å²) in [7, 11) is 0. The number of hydrogen-bond donors (Lipinski definition) is 1. The van der Waals surface area contributed by atoms with Crippen LogP contribution in [0.1, 0.15) is 26.3 Å². The van der Waals surface area contributed by atoms with Crippen LogP contribution in [0.4, 0.5) is 0 Å². The standard InChI is InChI=1S/C18H12N2O2/c1-11(20-9-8-12-4-2-3-5-16(12)20)13-6-7-14-15(10-13)18(22)19-17(14)21/h2-10H,1H2,(H,19,21,22). The average Bonchev–Trinajstić information content (AvgIpc) is 3.08. The van der Waals surface area contributed by atoms with Gasteiger partial charge in [-0.25, -0.2) is 0 Å². The number of rotatable bonds is 2. The van der Waals surface area contributed by atoms with Crippen molar-refractivity contribution in [1.82, 2.24) is 9.88 Å². The van der Waals surface area contributed by atoms with Crippen molar-refractivity contribution in [3.8, 4) is 0 Å². The van der Waals surface area contributed by atoms with Gasteiger partial charge in [-0.2, -0.15) is 0 Å². The Morgan fingerprint density at radius 1 is 0.955 bits per heavy atom. The smallest absolute Gasteiger partial charge is 0.258 e. The van der Waals surface area contributed by atoms with Gasteiger partial charge in [0, 0.05) is 11.9 Å². The predicted molar refractivity (Wildman–Crippen MR) is 84.6 cm³/mol. The van der Waals surface area contributed by atoms with E-state index in [0.29, 0.717) is 11.1 Å². The molecule has 0 spiro atoms. The lowest BCUT2D eigenvalue weighted by Crippen LogP contribution is -2.19. The van der Waals surface area contributed by atoms with Crippen molar-refractivity contribution >= 4 is 28.4 Å². The van der Waals surface area contributed by atoms with Crippen LogP contribution in [0.25, 0.3) is 16.6 Å². The zero-order valence-electron chi connectivity index (χ0n) is 11.7. The van der Waals surface area contributed by atoms with E-state index in [1.807, 2.05) is 47.2 Å². The first-order valence-corrected chi connectivity index (χ1v) is 6.90. The molecule has 4 rings (SSSR count). The molecule has 22 heavy (non-hydrogen) atoms. The van der Waals surface area contributed by atoms with Gasteiger partial charge in [0.25, 0.3) is 11.8 Å². The maximum atomic E-state index is 11.8. The van der Waals surface area contributed by atoms with Crippen LogP contribution in [0.3, 0.4) is 0 Å². The first-order valence-electron chi connectivity index (χ1n) is 6.90. The Morgan fingerprint density at radius 2 is 1.73 bits per heavy atom. The zero-order valence-corrected chi connectivity index (χ0v) is 11.7. The van der Waals surface area contributed by atoms with Crippen molar-refractivity contribution in [3.05, 3.63) is 78.0 Å². The highest BCUT2D eigenvalue weighted by molar-refractivity contribution is 6.21. The SMILES string of the molecule is C=C(c1ccc2c(c1)C(=O)NC2=O)n1ccc2ccccc21. The van der Waals surface area contributed by atoms with E-state index in [9.17, 15) is 9.59 Å². The minimum atomic E-state index is -0.355. The second-order valence-electron chi connectivity index (χ2n) is 5.23. The Balaban J connectivity index is 1.83. The summed E-state index contributed by atoms with van der Waals surface area (Å²) >= 11 is 0. The van der Waals surface area contributed by atoms with Gasteiger partial charge in [0.15, 0.2) is 0 Å². The number of fused-ring (bicyclic) bond motifs is 2. The molecule has 1 aromatic heterocycles. The lowest BCUT2D eigenvalue weighted by Gasteiger charge is -2.10. The molecule has 1 aliphatic heterocycles. The normalized spacial score (nSPS) is 13.3. The summed E-state index contributed by atoms with van der Waals surface area (Å²) < 4.78 is 1.98. The fraction of sp³-hybridized carbons (Fsp3) is 0. The second kappa shape index (κ2) is 4.43. The van der Waals surface area contributed by atoms with E-state index in [0.717, 1.165) is 22.2 Å². The molecule has 0 saturated carbocycles. The maximum Gasteiger partial charge on any atom is 0.258 e. The predicted octanol–water partition coefficient (Wildman–Crippen LogP) is 3.04. The first-order chi connectivity index (χ1) is 10.6. The number of nitrogens with one attached hydrogen (secondary N) is 1. The molecule has 4 heteroatoms. The third-order valence-electron chi connectivity index (χ3n) is 3.96. The van der Waals surface area contributed by atoms with Gasteiger partial charge in [0.2, 0.25) is 0 Å². The number of nitrogens with zero attached hydrogens (tertiary/aromatic N) is 1. The van der Waals surface area contributed by atoms with Crippen LogP contribution in [0.2, 0.25) is 0 Å². The number of aromatic nitrogens is 1. The number of hydrogen-bond acceptors (Lipinski definition) is 2. The molecular formula is C18H12N2O2. The highest BCUT2D eigenvalue weighted by atomic mass is 16.2. The lowest BCUT2D eigenvalue weighted by molar-refractivity contribution is 0.0879. The third-order valence-corrected chi connectivity index (χ3v) is 3.96. The molecule has 2 heterocycles. The van der Waals surface area contributed by atoms with Crippen molar-refractivity contribution in [2.24, 2.45) is 0 Å². The number of imide groups is 1. The molecule has 0 aliphatic carbocycles. The van der Waals surface area contributed by atoms with Crippen LogP contribution in [0, 0.1) is 0 Å². The molecule has 0 unspecified atom stereocenters. The molecule has 1 aliphatic rings. The summed E-state index contributed by atoms with van der Waals surface area (Å²) in [5, 5.41) is 3.42. The van der Waals surface area contributed by atoms with Crippen molar-refractivity contribution in [1.29, 1.82) is 0 Å². The van der Waals surface area contributed by atoms with Gasteiger partial charge in [-0.05, 0) is 35.2 Å². The quantitative estimate of drug-likeness (QED) is 0.737. The van der Waals surface area contributed by atoms with Crippen molar-refractivity contribution in [2.75, 3.05) is 0 Å².